The van der Waals surface area contributed by atoms with Crippen molar-refractivity contribution in [3.8, 4) is 5.75 Å². The third kappa shape index (κ3) is 5.99. The molecule has 0 saturated carbocycles. The first kappa shape index (κ1) is 25.6. The van der Waals surface area contributed by atoms with E-state index in [0.29, 0.717) is 35.4 Å². The van der Waals surface area contributed by atoms with Crippen LogP contribution in [0.5, 0.6) is 5.75 Å². The summed E-state index contributed by atoms with van der Waals surface area (Å²) in [6.45, 7) is 5.36. The first-order valence-corrected chi connectivity index (χ1v) is 12.6. The molecule has 3 aromatic rings. The number of ether oxygens (including phenoxy) is 1. The first-order chi connectivity index (χ1) is 17.5. The van der Waals surface area contributed by atoms with E-state index in [1.807, 2.05) is 0 Å². The molecule has 1 aliphatic rings. The quantitative estimate of drug-likeness (QED) is 0.437. The van der Waals surface area contributed by atoms with Crippen molar-refractivity contribution >= 4 is 23.1 Å². The summed E-state index contributed by atoms with van der Waals surface area (Å²) in [6.07, 6.45) is 4.95. The minimum absolute atomic E-state index is 0.143. The maximum atomic E-state index is 13.3. The van der Waals surface area contributed by atoms with Crippen molar-refractivity contribution in [1.82, 2.24) is 19.8 Å². The van der Waals surface area contributed by atoms with Crippen molar-refractivity contribution < 1.29 is 14.3 Å². The molecule has 0 radical (unpaired) electrons. The molecule has 1 aliphatic heterocycles. The van der Waals surface area contributed by atoms with Crippen LogP contribution in [0.1, 0.15) is 55.1 Å². The number of fused-ring (bicyclic) bond motifs is 1. The van der Waals surface area contributed by atoms with Gasteiger partial charge in [-0.2, -0.15) is 0 Å². The second-order valence-electron chi connectivity index (χ2n) is 9.34. The number of aldehydes is 1. The minimum Gasteiger partial charge on any atom is -0.487 e. The highest BCUT2D eigenvalue weighted by Crippen LogP contribution is 2.24. The van der Waals surface area contributed by atoms with Gasteiger partial charge in [0.15, 0.2) is 0 Å². The average molecular weight is 491 g/mol. The Labute approximate surface area is 211 Å². The van der Waals surface area contributed by atoms with Crippen molar-refractivity contribution in [3.05, 3.63) is 69.8 Å². The first-order valence-electron chi connectivity index (χ1n) is 12.6. The van der Waals surface area contributed by atoms with Gasteiger partial charge >= 0.3 is 0 Å². The number of amides is 1. The number of carbonyl (C=O) groups excluding carboxylic acids is 2. The van der Waals surface area contributed by atoms with Crippen LogP contribution in [0.4, 0.5) is 0 Å². The summed E-state index contributed by atoms with van der Waals surface area (Å²) in [5.74, 6) is 0.737. The second kappa shape index (κ2) is 11.9. The Morgan fingerprint density at radius 3 is 2.53 bits per heavy atom. The summed E-state index contributed by atoms with van der Waals surface area (Å²) in [6, 6.07) is 12.9. The van der Waals surface area contributed by atoms with Gasteiger partial charge in [0.25, 0.3) is 5.56 Å². The molecule has 2 heterocycles. The molecular formula is C28H34N4O4. The number of rotatable bonds is 10. The molecule has 4 rings (SSSR count). The van der Waals surface area contributed by atoms with Crippen LogP contribution in [0.25, 0.3) is 10.9 Å². The molecule has 1 fully saturated rings. The van der Waals surface area contributed by atoms with Crippen molar-refractivity contribution in [1.29, 1.82) is 0 Å². The fourth-order valence-electron chi connectivity index (χ4n) is 4.75. The van der Waals surface area contributed by atoms with Gasteiger partial charge in [0.1, 0.15) is 30.0 Å². The molecule has 1 amide bonds. The number of aryl methyl sites for hydroxylation is 1. The normalized spacial score (nSPS) is 14.9. The number of nitrogens with zero attached hydrogens (tertiary/aromatic N) is 3. The SMILES string of the molecule is CNC(=O)CCC(C=O)n1c(C)nc2c(OCc3ccc(CN4CCCCC4)cc3)cccc2c1=O. The number of para-hydroxylation sites is 1. The molecule has 36 heavy (non-hydrogen) atoms. The van der Waals surface area contributed by atoms with Gasteiger partial charge in [0.2, 0.25) is 5.91 Å². The predicted octanol–water partition coefficient (Wildman–Crippen LogP) is 3.54. The van der Waals surface area contributed by atoms with E-state index in [1.165, 1.54) is 42.5 Å². The molecule has 1 aromatic heterocycles. The lowest BCUT2D eigenvalue weighted by molar-refractivity contribution is -0.121. The van der Waals surface area contributed by atoms with Gasteiger partial charge in [-0.3, -0.25) is 19.1 Å². The van der Waals surface area contributed by atoms with Crippen LogP contribution in [-0.4, -0.2) is 46.8 Å². The van der Waals surface area contributed by atoms with Gasteiger partial charge in [-0.15, -0.1) is 0 Å². The van der Waals surface area contributed by atoms with E-state index in [0.717, 1.165) is 12.1 Å². The molecule has 1 N–H and O–H groups in total. The van der Waals surface area contributed by atoms with Gasteiger partial charge in [-0.25, -0.2) is 4.98 Å². The smallest absolute Gasteiger partial charge is 0.262 e. The van der Waals surface area contributed by atoms with Crippen LogP contribution in [0.15, 0.2) is 47.3 Å². The lowest BCUT2D eigenvalue weighted by Gasteiger charge is -2.26. The Hall–Kier alpha value is -3.52. The average Bonchev–Trinajstić information content (AvgIpc) is 2.90. The highest BCUT2D eigenvalue weighted by Gasteiger charge is 2.19. The number of nitrogens with one attached hydrogen (secondary N) is 1. The molecule has 8 heteroatoms. The summed E-state index contributed by atoms with van der Waals surface area (Å²) >= 11 is 0. The minimum atomic E-state index is -0.764. The van der Waals surface area contributed by atoms with Crippen LogP contribution in [0.3, 0.4) is 0 Å². The molecule has 1 unspecified atom stereocenters. The van der Waals surface area contributed by atoms with Crippen molar-refractivity contribution in [2.24, 2.45) is 0 Å². The molecule has 0 aliphatic carbocycles. The maximum Gasteiger partial charge on any atom is 0.262 e. The number of hydrogen-bond donors (Lipinski definition) is 1. The zero-order chi connectivity index (χ0) is 25.5. The van der Waals surface area contributed by atoms with Gasteiger partial charge in [0.05, 0.1) is 11.4 Å². The monoisotopic (exact) mass is 490 g/mol. The molecule has 8 nitrogen and oxygen atoms in total. The zero-order valence-corrected chi connectivity index (χ0v) is 21.0. The Kier molecular flexibility index (Phi) is 8.48. The van der Waals surface area contributed by atoms with Gasteiger partial charge < -0.3 is 14.8 Å². The number of carbonyl (C=O) groups is 2. The Morgan fingerprint density at radius 1 is 1.11 bits per heavy atom. The molecule has 190 valence electrons. The van der Waals surface area contributed by atoms with Crippen LogP contribution in [0.2, 0.25) is 0 Å². The fraction of sp³-hybridized carbons (Fsp3) is 0.429. The van der Waals surface area contributed by atoms with Crippen LogP contribution in [-0.2, 0) is 22.7 Å². The largest absolute Gasteiger partial charge is 0.487 e. The Morgan fingerprint density at radius 2 is 1.83 bits per heavy atom. The summed E-state index contributed by atoms with van der Waals surface area (Å²) < 4.78 is 7.45. The number of aromatic nitrogens is 2. The second-order valence-corrected chi connectivity index (χ2v) is 9.34. The van der Waals surface area contributed by atoms with Crippen LogP contribution < -0.4 is 15.6 Å². The van der Waals surface area contributed by atoms with Crippen molar-refractivity contribution in [2.45, 2.75) is 58.2 Å². The molecule has 1 atom stereocenters. The highest BCUT2D eigenvalue weighted by atomic mass is 16.5. The number of piperidine rings is 1. The molecule has 0 bridgehead atoms. The number of benzene rings is 2. The van der Waals surface area contributed by atoms with E-state index in [4.69, 9.17) is 4.74 Å². The fourth-order valence-corrected chi connectivity index (χ4v) is 4.75. The number of likely N-dealkylation sites (tertiary alicyclic amines) is 1. The third-order valence-electron chi connectivity index (χ3n) is 6.78. The standard InChI is InChI=1S/C28H34N4O4/c1-20-30-27-24(28(35)32(20)23(18-33)13-14-26(34)29-2)7-6-8-25(27)36-19-22-11-9-21(10-12-22)17-31-15-4-3-5-16-31/h6-12,18,23H,3-5,13-17,19H2,1-2H3,(H,29,34). The van der Waals surface area contributed by atoms with E-state index < -0.39 is 6.04 Å². The van der Waals surface area contributed by atoms with Crippen LogP contribution >= 0.6 is 0 Å². The van der Waals surface area contributed by atoms with E-state index in [2.05, 4.69) is 39.5 Å². The summed E-state index contributed by atoms with van der Waals surface area (Å²) in [4.78, 5) is 43.8. The molecule has 0 spiro atoms. The molecule has 1 saturated heterocycles. The Balaban J connectivity index is 1.49. The van der Waals surface area contributed by atoms with Crippen LogP contribution in [0, 0.1) is 6.92 Å². The summed E-state index contributed by atoms with van der Waals surface area (Å²) in [5.41, 5.74) is 2.48. The van der Waals surface area contributed by atoms with Gasteiger partial charge in [-0.1, -0.05) is 36.8 Å². The summed E-state index contributed by atoms with van der Waals surface area (Å²) in [5, 5.41) is 2.91. The zero-order valence-electron chi connectivity index (χ0n) is 21.0. The lowest BCUT2D eigenvalue weighted by atomic mass is 10.1. The molecular weight excluding hydrogens is 456 g/mol. The maximum absolute atomic E-state index is 13.3. The van der Waals surface area contributed by atoms with E-state index in [9.17, 15) is 14.4 Å². The number of hydrogen-bond acceptors (Lipinski definition) is 6. The van der Waals surface area contributed by atoms with E-state index >= 15 is 0 Å². The van der Waals surface area contributed by atoms with Crippen molar-refractivity contribution in [3.63, 3.8) is 0 Å². The summed E-state index contributed by atoms with van der Waals surface area (Å²) in [7, 11) is 1.54. The lowest BCUT2D eigenvalue weighted by Crippen LogP contribution is -2.30. The predicted molar refractivity (Wildman–Crippen MR) is 139 cm³/mol. The van der Waals surface area contributed by atoms with Gasteiger partial charge in [0, 0.05) is 20.0 Å². The topological polar surface area (TPSA) is 93.5 Å². The van der Waals surface area contributed by atoms with E-state index in [-0.39, 0.29) is 24.3 Å². The van der Waals surface area contributed by atoms with E-state index in [1.54, 1.807) is 32.2 Å². The van der Waals surface area contributed by atoms with Crippen molar-refractivity contribution in [2.75, 3.05) is 20.1 Å². The Bertz CT molecular complexity index is 1260. The third-order valence-corrected chi connectivity index (χ3v) is 6.78. The molecule has 2 aromatic carbocycles. The van der Waals surface area contributed by atoms with Gasteiger partial charge in [-0.05, 0) is 62.5 Å². The highest BCUT2D eigenvalue weighted by molar-refractivity contribution is 5.84.